The molecule has 17 heavy (non-hydrogen) atoms. The predicted octanol–water partition coefficient (Wildman–Crippen LogP) is 2.55. The average Bonchev–Trinajstić information content (AvgIpc) is 2.74. The molecule has 0 saturated carbocycles. The van der Waals surface area contributed by atoms with Gasteiger partial charge in [0.05, 0.1) is 12.8 Å². The van der Waals surface area contributed by atoms with E-state index in [1.807, 2.05) is 6.07 Å². The second-order valence-corrected chi connectivity index (χ2v) is 5.17. The minimum Gasteiger partial charge on any atom is -0.468 e. The Balaban J connectivity index is 1.70. The third-order valence-corrected chi connectivity index (χ3v) is 3.56. The van der Waals surface area contributed by atoms with Crippen LogP contribution in [0.3, 0.4) is 0 Å². The van der Waals surface area contributed by atoms with Gasteiger partial charge in [0.2, 0.25) is 0 Å². The molecule has 0 aromatic carbocycles. The molecule has 1 aliphatic rings. The molecule has 1 atom stereocenters. The van der Waals surface area contributed by atoms with E-state index in [1.54, 1.807) is 6.26 Å². The van der Waals surface area contributed by atoms with Gasteiger partial charge >= 0.3 is 0 Å². The van der Waals surface area contributed by atoms with Crippen LogP contribution in [0.2, 0.25) is 0 Å². The summed E-state index contributed by atoms with van der Waals surface area (Å²) in [6.07, 6.45) is 5.90. The van der Waals surface area contributed by atoms with Crippen LogP contribution in [0, 0.1) is 6.92 Å². The minimum absolute atomic E-state index is 0.526. The summed E-state index contributed by atoms with van der Waals surface area (Å²) >= 11 is 0. The van der Waals surface area contributed by atoms with Crippen LogP contribution in [0.4, 0.5) is 0 Å². The van der Waals surface area contributed by atoms with E-state index in [4.69, 9.17) is 4.42 Å². The Kier molecular flexibility index (Phi) is 4.63. The van der Waals surface area contributed by atoms with Gasteiger partial charge in [-0.3, -0.25) is 0 Å². The van der Waals surface area contributed by atoms with E-state index in [1.165, 1.54) is 37.9 Å². The van der Waals surface area contributed by atoms with Crippen LogP contribution in [0.15, 0.2) is 16.7 Å². The van der Waals surface area contributed by atoms with Crippen LogP contribution in [0.25, 0.3) is 0 Å². The third kappa shape index (κ3) is 3.86. The zero-order valence-corrected chi connectivity index (χ0v) is 11.0. The molecule has 1 aromatic heterocycles. The molecule has 0 bridgehead atoms. The van der Waals surface area contributed by atoms with Gasteiger partial charge in [-0.1, -0.05) is 6.42 Å². The SMILES string of the molecule is Cc1ccoc1CNC(C)CN1CCCCC1. The van der Waals surface area contributed by atoms with Gasteiger partial charge in [-0.15, -0.1) is 0 Å². The zero-order chi connectivity index (χ0) is 12.1. The molecule has 1 N–H and O–H groups in total. The van der Waals surface area contributed by atoms with Crippen molar-refractivity contribution in [2.75, 3.05) is 19.6 Å². The van der Waals surface area contributed by atoms with E-state index in [2.05, 4.69) is 24.1 Å². The summed E-state index contributed by atoms with van der Waals surface area (Å²) < 4.78 is 5.43. The fourth-order valence-corrected chi connectivity index (χ4v) is 2.45. The van der Waals surface area contributed by atoms with E-state index in [0.717, 1.165) is 18.8 Å². The molecule has 0 radical (unpaired) electrons. The Bertz CT molecular complexity index is 329. The van der Waals surface area contributed by atoms with Crippen LogP contribution >= 0.6 is 0 Å². The molecule has 1 saturated heterocycles. The summed E-state index contributed by atoms with van der Waals surface area (Å²) in [6.45, 7) is 8.88. The van der Waals surface area contributed by atoms with Gasteiger partial charge in [0.1, 0.15) is 5.76 Å². The Morgan fingerprint density at radius 1 is 1.35 bits per heavy atom. The van der Waals surface area contributed by atoms with E-state index in [-0.39, 0.29) is 0 Å². The fourth-order valence-electron chi connectivity index (χ4n) is 2.45. The Labute approximate surface area is 104 Å². The molecule has 1 unspecified atom stereocenters. The fraction of sp³-hybridized carbons (Fsp3) is 0.714. The molecule has 3 heteroatoms. The standard InChI is InChI=1S/C14H24N2O/c1-12-6-9-17-14(12)10-15-13(2)11-16-7-4-3-5-8-16/h6,9,13,15H,3-5,7-8,10-11H2,1-2H3. The van der Waals surface area contributed by atoms with Crippen molar-refractivity contribution in [2.45, 2.75) is 45.7 Å². The molecule has 0 amide bonds. The van der Waals surface area contributed by atoms with Crippen LogP contribution in [0.5, 0.6) is 0 Å². The van der Waals surface area contributed by atoms with Gasteiger partial charge in [-0.05, 0) is 51.4 Å². The summed E-state index contributed by atoms with van der Waals surface area (Å²) in [5, 5.41) is 3.54. The maximum atomic E-state index is 5.43. The topological polar surface area (TPSA) is 28.4 Å². The van der Waals surface area contributed by atoms with Crippen LogP contribution < -0.4 is 5.32 Å². The molecule has 1 aliphatic heterocycles. The van der Waals surface area contributed by atoms with Gasteiger partial charge in [0.25, 0.3) is 0 Å². The Morgan fingerprint density at radius 3 is 2.76 bits per heavy atom. The first-order valence-electron chi connectivity index (χ1n) is 6.74. The van der Waals surface area contributed by atoms with Gasteiger partial charge < -0.3 is 14.6 Å². The number of piperidine rings is 1. The lowest BCUT2D eigenvalue weighted by molar-refractivity contribution is 0.207. The summed E-state index contributed by atoms with van der Waals surface area (Å²) in [5.41, 5.74) is 1.24. The average molecular weight is 236 g/mol. The number of hydrogen-bond acceptors (Lipinski definition) is 3. The first-order chi connectivity index (χ1) is 8.25. The number of nitrogens with one attached hydrogen (secondary N) is 1. The zero-order valence-electron chi connectivity index (χ0n) is 11.0. The lowest BCUT2D eigenvalue weighted by Gasteiger charge is -2.29. The highest BCUT2D eigenvalue weighted by Crippen LogP contribution is 2.10. The number of rotatable bonds is 5. The highest BCUT2D eigenvalue weighted by molar-refractivity contribution is 5.14. The highest BCUT2D eigenvalue weighted by Gasteiger charge is 2.13. The monoisotopic (exact) mass is 236 g/mol. The molecule has 3 nitrogen and oxygen atoms in total. The van der Waals surface area contributed by atoms with Crippen LogP contribution in [0.1, 0.15) is 37.5 Å². The maximum Gasteiger partial charge on any atom is 0.120 e. The summed E-state index contributed by atoms with van der Waals surface area (Å²) in [7, 11) is 0. The van der Waals surface area contributed by atoms with Gasteiger partial charge in [-0.2, -0.15) is 0 Å². The van der Waals surface area contributed by atoms with Crippen molar-refractivity contribution in [1.82, 2.24) is 10.2 Å². The normalized spacial score (nSPS) is 19.4. The number of nitrogens with zero attached hydrogens (tertiary/aromatic N) is 1. The number of aryl methyl sites for hydroxylation is 1. The van der Waals surface area contributed by atoms with Crippen molar-refractivity contribution in [3.8, 4) is 0 Å². The molecule has 1 aromatic rings. The molecule has 96 valence electrons. The van der Waals surface area contributed by atoms with Crippen molar-refractivity contribution in [2.24, 2.45) is 0 Å². The van der Waals surface area contributed by atoms with E-state index in [0.29, 0.717) is 6.04 Å². The van der Waals surface area contributed by atoms with Crippen LogP contribution in [-0.2, 0) is 6.54 Å². The molecule has 1 fully saturated rings. The Hall–Kier alpha value is -0.800. The summed E-state index contributed by atoms with van der Waals surface area (Å²) in [5.74, 6) is 1.07. The lowest BCUT2D eigenvalue weighted by atomic mass is 10.1. The number of furan rings is 1. The third-order valence-electron chi connectivity index (χ3n) is 3.56. The number of hydrogen-bond donors (Lipinski definition) is 1. The smallest absolute Gasteiger partial charge is 0.120 e. The highest BCUT2D eigenvalue weighted by atomic mass is 16.3. The van der Waals surface area contributed by atoms with Crippen molar-refractivity contribution in [1.29, 1.82) is 0 Å². The first-order valence-corrected chi connectivity index (χ1v) is 6.74. The van der Waals surface area contributed by atoms with Crippen molar-refractivity contribution in [3.05, 3.63) is 23.7 Å². The minimum atomic E-state index is 0.526. The molecule has 2 rings (SSSR count). The molecule has 0 aliphatic carbocycles. The largest absolute Gasteiger partial charge is 0.468 e. The molecule has 2 heterocycles. The lowest BCUT2D eigenvalue weighted by Crippen LogP contribution is -2.41. The molecular weight excluding hydrogens is 212 g/mol. The molecule has 0 spiro atoms. The second-order valence-electron chi connectivity index (χ2n) is 5.17. The van der Waals surface area contributed by atoms with Gasteiger partial charge in [0, 0.05) is 12.6 Å². The van der Waals surface area contributed by atoms with E-state index >= 15 is 0 Å². The van der Waals surface area contributed by atoms with Crippen molar-refractivity contribution >= 4 is 0 Å². The maximum absolute atomic E-state index is 5.43. The van der Waals surface area contributed by atoms with Crippen molar-refractivity contribution in [3.63, 3.8) is 0 Å². The van der Waals surface area contributed by atoms with Crippen LogP contribution in [-0.4, -0.2) is 30.6 Å². The van der Waals surface area contributed by atoms with Crippen molar-refractivity contribution < 1.29 is 4.42 Å². The molecular formula is C14H24N2O. The summed E-state index contributed by atoms with van der Waals surface area (Å²) in [6, 6.07) is 2.55. The van der Waals surface area contributed by atoms with E-state index in [9.17, 15) is 0 Å². The summed E-state index contributed by atoms with van der Waals surface area (Å²) in [4.78, 5) is 2.57. The van der Waals surface area contributed by atoms with E-state index < -0.39 is 0 Å². The second kappa shape index (κ2) is 6.22. The Morgan fingerprint density at radius 2 is 2.12 bits per heavy atom. The van der Waals surface area contributed by atoms with Gasteiger partial charge in [0.15, 0.2) is 0 Å². The van der Waals surface area contributed by atoms with Gasteiger partial charge in [-0.25, -0.2) is 0 Å². The number of likely N-dealkylation sites (tertiary alicyclic amines) is 1. The first kappa shape index (κ1) is 12.7. The predicted molar refractivity (Wildman–Crippen MR) is 70.0 cm³/mol. The quantitative estimate of drug-likeness (QED) is 0.851.